The molecule has 1 heterocycles. The van der Waals surface area contributed by atoms with Gasteiger partial charge < -0.3 is 15.0 Å². The van der Waals surface area contributed by atoms with Crippen molar-refractivity contribution in [2.24, 2.45) is 4.99 Å². The lowest BCUT2D eigenvalue weighted by Gasteiger charge is -2.21. The average molecular weight is 466 g/mol. The molecule has 0 bridgehead atoms. The molecule has 0 aromatic carbocycles. The second-order valence-corrected chi connectivity index (χ2v) is 5.77. The van der Waals surface area contributed by atoms with Crippen molar-refractivity contribution >= 4 is 41.3 Å². The molecule has 10 heteroatoms. The molecule has 23 heavy (non-hydrogen) atoms. The van der Waals surface area contributed by atoms with Gasteiger partial charge in [-0.15, -0.1) is 35.3 Å². The van der Waals surface area contributed by atoms with Crippen molar-refractivity contribution in [3.8, 4) is 0 Å². The van der Waals surface area contributed by atoms with Crippen LogP contribution in [0.3, 0.4) is 0 Å². The Morgan fingerprint density at radius 2 is 2.17 bits per heavy atom. The number of hydrogen-bond acceptors (Lipinski definition) is 4. The summed E-state index contributed by atoms with van der Waals surface area (Å²) < 4.78 is 40.2. The second kappa shape index (κ2) is 11.0. The minimum Gasteiger partial charge on any atom is -0.372 e. The maximum Gasteiger partial charge on any atom is 0.411 e. The van der Waals surface area contributed by atoms with Crippen LogP contribution in [0, 0.1) is 6.92 Å². The molecule has 0 amide bonds. The Bertz CT molecular complexity index is 482. The van der Waals surface area contributed by atoms with E-state index in [1.54, 1.807) is 18.4 Å². The van der Waals surface area contributed by atoms with E-state index >= 15 is 0 Å². The molecule has 0 radical (unpaired) electrons. The van der Waals surface area contributed by atoms with Crippen LogP contribution < -0.4 is 5.32 Å². The molecule has 0 aliphatic rings. The zero-order chi connectivity index (χ0) is 16.6. The van der Waals surface area contributed by atoms with Crippen LogP contribution in [0.4, 0.5) is 13.2 Å². The summed E-state index contributed by atoms with van der Waals surface area (Å²) in [5.41, 5.74) is 0.960. The molecule has 0 fully saturated rings. The zero-order valence-corrected chi connectivity index (χ0v) is 16.5. The van der Waals surface area contributed by atoms with Gasteiger partial charge in [0.1, 0.15) is 6.61 Å². The highest BCUT2D eigenvalue weighted by Gasteiger charge is 2.27. The number of aryl methyl sites for hydroxylation is 1. The summed E-state index contributed by atoms with van der Waals surface area (Å²) in [6, 6.07) is 0. The number of hydrogen-bond donors (Lipinski definition) is 1. The lowest BCUT2D eigenvalue weighted by molar-refractivity contribution is -0.173. The minimum atomic E-state index is -4.27. The van der Waals surface area contributed by atoms with E-state index in [0.717, 1.165) is 10.7 Å². The van der Waals surface area contributed by atoms with Crippen molar-refractivity contribution in [1.29, 1.82) is 0 Å². The average Bonchev–Trinajstić information content (AvgIpc) is 2.82. The van der Waals surface area contributed by atoms with Gasteiger partial charge in [0.2, 0.25) is 0 Å². The molecule has 5 nitrogen and oxygen atoms in total. The number of guanidine groups is 1. The molecular formula is C13H22F3IN4OS. The first-order valence-corrected chi connectivity index (χ1v) is 7.67. The van der Waals surface area contributed by atoms with E-state index in [1.165, 1.54) is 0 Å². The molecule has 0 aliphatic carbocycles. The maximum absolute atomic E-state index is 11.9. The van der Waals surface area contributed by atoms with Crippen molar-refractivity contribution in [2.75, 3.05) is 33.9 Å². The lowest BCUT2D eigenvalue weighted by Crippen LogP contribution is -2.39. The molecule has 1 rings (SSSR count). The summed E-state index contributed by atoms with van der Waals surface area (Å²) >= 11 is 1.59. The quantitative estimate of drug-likeness (QED) is 0.291. The monoisotopic (exact) mass is 466 g/mol. The zero-order valence-electron chi connectivity index (χ0n) is 13.3. The van der Waals surface area contributed by atoms with Gasteiger partial charge in [-0.3, -0.25) is 4.99 Å². The van der Waals surface area contributed by atoms with E-state index < -0.39 is 12.8 Å². The van der Waals surface area contributed by atoms with Crippen molar-refractivity contribution in [1.82, 2.24) is 15.2 Å². The lowest BCUT2D eigenvalue weighted by atomic mass is 10.4. The Hall–Kier alpha value is -0.620. The van der Waals surface area contributed by atoms with Crippen LogP contribution in [0.25, 0.3) is 0 Å². The van der Waals surface area contributed by atoms with Gasteiger partial charge in [-0.25, -0.2) is 4.98 Å². The fraction of sp³-hybridized carbons (Fsp3) is 0.692. The minimum absolute atomic E-state index is 0. The summed E-state index contributed by atoms with van der Waals surface area (Å²) in [6.07, 6.45) is -3.80. The van der Waals surface area contributed by atoms with E-state index in [4.69, 9.17) is 0 Å². The number of thiazole rings is 1. The van der Waals surface area contributed by atoms with Crippen LogP contribution in [-0.2, 0) is 11.3 Å². The van der Waals surface area contributed by atoms with Gasteiger partial charge in [0.15, 0.2) is 5.96 Å². The SMILES string of the molecule is CN=C(NCCCOCC(F)(F)F)N(C)Cc1csc(C)n1.I. The Balaban J connectivity index is 0.00000484. The number of alkyl halides is 3. The van der Waals surface area contributed by atoms with Crippen LogP contribution >= 0.6 is 35.3 Å². The van der Waals surface area contributed by atoms with Crippen LogP contribution in [-0.4, -0.2) is 55.9 Å². The van der Waals surface area contributed by atoms with E-state index in [2.05, 4.69) is 20.0 Å². The highest BCUT2D eigenvalue weighted by atomic mass is 127. The van der Waals surface area contributed by atoms with Crippen LogP contribution in [0.5, 0.6) is 0 Å². The van der Waals surface area contributed by atoms with Crippen molar-refractivity contribution in [2.45, 2.75) is 26.1 Å². The fourth-order valence-corrected chi connectivity index (χ4v) is 2.35. The topological polar surface area (TPSA) is 49.8 Å². The predicted molar refractivity (Wildman–Crippen MR) is 96.6 cm³/mol. The summed E-state index contributed by atoms with van der Waals surface area (Å²) in [5, 5.41) is 6.08. The number of aromatic nitrogens is 1. The molecule has 0 unspecified atom stereocenters. The Labute approximate surface area is 155 Å². The van der Waals surface area contributed by atoms with Gasteiger partial charge in [-0.05, 0) is 13.3 Å². The van der Waals surface area contributed by atoms with Gasteiger partial charge in [0.05, 0.1) is 17.2 Å². The third-order valence-electron chi connectivity index (χ3n) is 2.65. The normalized spacial score (nSPS) is 12.0. The first-order valence-electron chi connectivity index (χ1n) is 6.79. The largest absolute Gasteiger partial charge is 0.411 e. The fourth-order valence-electron chi connectivity index (χ4n) is 1.75. The summed E-state index contributed by atoms with van der Waals surface area (Å²) in [4.78, 5) is 10.4. The molecule has 0 saturated carbocycles. The first kappa shape index (κ1) is 22.4. The van der Waals surface area contributed by atoms with Crippen LogP contribution in [0.15, 0.2) is 10.4 Å². The molecule has 1 N–H and O–H groups in total. The second-order valence-electron chi connectivity index (χ2n) is 4.71. The molecule has 0 atom stereocenters. The number of aliphatic imine (C=N–C) groups is 1. The number of nitrogens with one attached hydrogen (secondary N) is 1. The molecule has 1 aromatic rings. The van der Waals surface area contributed by atoms with Crippen molar-refractivity contribution in [3.05, 3.63) is 16.1 Å². The Morgan fingerprint density at radius 1 is 1.48 bits per heavy atom. The first-order chi connectivity index (χ1) is 10.3. The third-order valence-corrected chi connectivity index (χ3v) is 3.48. The maximum atomic E-state index is 11.9. The third kappa shape index (κ3) is 9.97. The molecule has 1 aromatic heterocycles. The van der Waals surface area contributed by atoms with Crippen molar-refractivity contribution in [3.63, 3.8) is 0 Å². The van der Waals surface area contributed by atoms with Crippen LogP contribution in [0.1, 0.15) is 17.1 Å². The van der Waals surface area contributed by atoms with E-state index in [-0.39, 0.29) is 30.6 Å². The van der Waals surface area contributed by atoms with Gasteiger partial charge in [0, 0.05) is 32.6 Å². The van der Waals surface area contributed by atoms with Gasteiger partial charge in [-0.1, -0.05) is 0 Å². The van der Waals surface area contributed by atoms with Crippen molar-refractivity contribution < 1.29 is 17.9 Å². The highest BCUT2D eigenvalue weighted by Crippen LogP contribution is 2.14. The number of ether oxygens (including phenoxy) is 1. The Morgan fingerprint density at radius 3 is 2.70 bits per heavy atom. The number of halogens is 4. The Kier molecular flexibility index (Phi) is 10.7. The van der Waals surface area contributed by atoms with E-state index in [1.807, 2.05) is 24.3 Å². The predicted octanol–water partition coefficient (Wildman–Crippen LogP) is 3.05. The summed E-state index contributed by atoms with van der Waals surface area (Å²) in [7, 11) is 3.54. The standard InChI is InChI=1S/C13H21F3N4OS.HI/c1-10-19-11(8-22-10)7-20(3)12(17-2)18-5-4-6-21-9-13(14,15)16;/h8H,4-7,9H2,1-3H3,(H,17,18);1H. The van der Waals surface area contributed by atoms with Gasteiger partial charge >= 0.3 is 6.18 Å². The highest BCUT2D eigenvalue weighted by molar-refractivity contribution is 14.0. The van der Waals surface area contributed by atoms with E-state index in [0.29, 0.717) is 25.5 Å². The molecule has 0 saturated heterocycles. The molecule has 134 valence electrons. The summed E-state index contributed by atoms with van der Waals surface area (Å²) in [6.45, 7) is 1.91. The van der Waals surface area contributed by atoms with Crippen LogP contribution in [0.2, 0.25) is 0 Å². The molecule has 0 aliphatic heterocycles. The smallest absolute Gasteiger partial charge is 0.372 e. The van der Waals surface area contributed by atoms with Gasteiger partial charge in [-0.2, -0.15) is 13.2 Å². The number of nitrogens with zero attached hydrogens (tertiary/aromatic N) is 3. The number of rotatable bonds is 7. The van der Waals surface area contributed by atoms with E-state index in [9.17, 15) is 13.2 Å². The molecule has 0 spiro atoms. The summed E-state index contributed by atoms with van der Waals surface area (Å²) in [5.74, 6) is 0.668. The molecular weight excluding hydrogens is 444 g/mol. The van der Waals surface area contributed by atoms with Gasteiger partial charge in [0.25, 0.3) is 0 Å².